The van der Waals surface area contributed by atoms with Crippen molar-refractivity contribution in [2.45, 2.75) is 65.6 Å². The first kappa shape index (κ1) is 16.3. The molecule has 2 rings (SSSR count). The molecule has 0 bridgehead atoms. The maximum absolute atomic E-state index is 12.3. The fourth-order valence-electron chi connectivity index (χ4n) is 3.15. The third-order valence-corrected chi connectivity index (χ3v) is 4.39. The van der Waals surface area contributed by atoms with Gasteiger partial charge in [0.1, 0.15) is 0 Å². The number of nitrogens with zero attached hydrogens (tertiary/aromatic N) is 1. The molecule has 2 aliphatic heterocycles. The molecule has 2 heterocycles. The van der Waals surface area contributed by atoms with Crippen LogP contribution in [0.2, 0.25) is 0 Å². The number of nitrogens with one attached hydrogen (secondary N) is 2. The lowest BCUT2D eigenvalue weighted by atomic mass is 9.90. The average Bonchev–Trinajstić information content (AvgIpc) is 2.65. The van der Waals surface area contributed by atoms with E-state index in [0.29, 0.717) is 19.5 Å². The van der Waals surface area contributed by atoms with Crippen molar-refractivity contribution in [1.29, 1.82) is 0 Å². The first-order valence-corrected chi connectivity index (χ1v) is 7.99. The van der Waals surface area contributed by atoms with Gasteiger partial charge in [-0.1, -0.05) is 34.6 Å². The van der Waals surface area contributed by atoms with E-state index in [0.717, 1.165) is 12.8 Å². The zero-order valence-electron chi connectivity index (χ0n) is 14.0. The number of piperidine rings is 1. The van der Waals surface area contributed by atoms with Crippen LogP contribution in [0.25, 0.3) is 0 Å². The van der Waals surface area contributed by atoms with Gasteiger partial charge in [0.25, 0.3) is 0 Å². The fraction of sp³-hybridized carbons (Fsp3) is 0.875. The lowest BCUT2D eigenvalue weighted by molar-refractivity contribution is -0.134. The number of rotatable bonds is 2. The summed E-state index contributed by atoms with van der Waals surface area (Å²) in [6.07, 6.45) is 2.16. The van der Waals surface area contributed by atoms with E-state index in [1.54, 1.807) is 0 Å². The zero-order chi connectivity index (χ0) is 15.8. The molecule has 0 aromatic carbocycles. The molecule has 5 heteroatoms. The molecular formula is C16H29N3O2. The predicted molar refractivity (Wildman–Crippen MR) is 82.5 cm³/mol. The van der Waals surface area contributed by atoms with Gasteiger partial charge in [-0.25, -0.2) is 0 Å². The van der Waals surface area contributed by atoms with Crippen LogP contribution in [0.3, 0.4) is 0 Å². The second-order valence-electron chi connectivity index (χ2n) is 8.06. The van der Waals surface area contributed by atoms with Crippen LogP contribution in [0.1, 0.15) is 53.9 Å². The van der Waals surface area contributed by atoms with Crippen LogP contribution in [-0.4, -0.2) is 41.5 Å². The summed E-state index contributed by atoms with van der Waals surface area (Å²) in [6.45, 7) is 11.8. The second kappa shape index (κ2) is 5.59. The summed E-state index contributed by atoms with van der Waals surface area (Å²) in [5.41, 5.74) is -0.278. The predicted octanol–water partition coefficient (Wildman–Crippen LogP) is 1.49. The fourth-order valence-corrected chi connectivity index (χ4v) is 3.15. The Balaban J connectivity index is 1.92. The van der Waals surface area contributed by atoms with Crippen LogP contribution in [0.15, 0.2) is 0 Å². The monoisotopic (exact) mass is 295 g/mol. The van der Waals surface area contributed by atoms with Gasteiger partial charge in [0.15, 0.2) is 0 Å². The normalized spacial score (nSPS) is 25.5. The first-order chi connectivity index (χ1) is 9.62. The Morgan fingerprint density at radius 3 is 2.33 bits per heavy atom. The highest BCUT2D eigenvalue weighted by Crippen LogP contribution is 2.28. The third-order valence-electron chi connectivity index (χ3n) is 4.39. The van der Waals surface area contributed by atoms with Gasteiger partial charge in [-0.15, -0.1) is 0 Å². The van der Waals surface area contributed by atoms with Crippen LogP contribution < -0.4 is 10.6 Å². The smallest absolute Gasteiger partial charge is 0.238 e. The lowest BCUT2D eigenvalue weighted by Gasteiger charge is -2.40. The SMILES string of the molecule is CC(C)C1NC2(CCN(C(=O)CC(C)(C)C)CC2)NC1=O. The highest BCUT2D eigenvalue weighted by molar-refractivity contribution is 5.85. The van der Waals surface area contributed by atoms with Gasteiger partial charge in [0, 0.05) is 32.4 Å². The molecular weight excluding hydrogens is 266 g/mol. The summed E-state index contributed by atoms with van der Waals surface area (Å²) >= 11 is 0. The average molecular weight is 295 g/mol. The Bertz CT molecular complexity index is 418. The molecule has 0 aromatic rings. The van der Waals surface area contributed by atoms with Gasteiger partial charge in [-0.2, -0.15) is 0 Å². The number of hydrogen-bond acceptors (Lipinski definition) is 3. The maximum atomic E-state index is 12.3. The number of amides is 2. The molecule has 120 valence electrons. The standard InChI is InChI=1S/C16H29N3O2/c1-11(2)13-14(21)18-16(17-13)6-8-19(9-7-16)12(20)10-15(3,4)5/h11,13,17H,6-10H2,1-5H3,(H,18,21). The van der Waals surface area contributed by atoms with Gasteiger partial charge in [-0.3, -0.25) is 14.9 Å². The van der Waals surface area contributed by atoms with Crippen molar-refractivity contribution in [3.05, 3.63) is 0 Å². The Labute approximate surface area is 127 Å². The number of carbonyl (C=O) groups is 2. The van der Waals surface area contributed by atoms with E-state index in [1.165, 1.54) is 0 Å². The molecule has 1 atom stereocenters. The second-order valence-corrected chi connectivity index (χ2v) is 8.06. The summed E-state index contributed by atoms with van der Waals surface area (Å²) in [5.74, 6) is 0.603. The van der Waals surface area contributed by atoms with Crippen molar-refractivity contribution in [1.82, 2.24) is 15.5 Å². The molecule has 2 saturated heterocycles. The Morgan fingerprint density at radius 1 is 1.33 bits per heavy atom. The van der Waals surface area contributed by atoms with Gasteiger partial charge in [-0.05, 0) is 11.3 Å². The molecule has 1 spiro atoms. The summed E-state index contributed by atoms with van der Waals surface area (Å²) in [6, 6.07) is -0.109. The molecule has 0 aromatic heterocycles. The minimum absolute atomic E-state index is 0.0226. The van der Waals surface area contributed by atoms with E-state index in [2.05, 4.69) is 45.3 Å². The van der Waals surface area contributed by atoms with Crippen LogP contribution in [0, 0.1) is 11.3 Å². The zero-order valence-corrected chi connectivity index (χ0v) is 14.0. The largest absolute Gasteiger partial charge is 0.342 e. The van der Waals surface area contributed by atoms with E-state index in [-0.39, 0.29) is 34.9 Å². The molecule has 0 saturated carbocycles. The first-order valence-electron chi connectivity index (χ1n) is 7.99. The summed E-state index contributed by atoms with van der Waals surface area (Å²) in [4.78, 5) is 26.2. The molecule has 2 fully saturated rings. The molecule has 2 aliphatic rings. The summed E-state index contributed by atoms with van der Waals surface area (Å²) < 4.78 is 0. The van der Waals surface area contributed by atoms with Crippen molar-refractivity contribution in [3.63, 3.8) is 0 Å². The summed E-state index contributed by atoms with van der Waals surface area (Å²) in [5, 5.41) is 6.59. The van der Waals surface area contributed by atoms with Crippen molar-refractivity contribution in [3.8, 4) is 0 Å². The lowest BCUT2D eigenvalue weighted by Crippen LogP contribution is -2.58. The van der Waals surface area contributed by atoms with Gasteiger partial charge < -0.3 is 10.2 Å². The Kier molecular flexibility index (Phi) is 4.34. The van der Waals surface area contributed by atoms with Gasteiger partial charge in [0.05, 0.1) is 11.7 Å². The van der Waals surface area contributed by atoms with E-state index in [4.69, 9.17) is 0 Å². The van der Waals surface area contributed by atoms with Crippen molar-refractivity contribution in [2.75, 3.05) is 13.1 Å². The van der Waals surface area contributed by atoms with Crippen molar-refractivity contribution < 1.29 is 9.59 Å². The van der Waals surface area contributed by atoms with E-state index >= 15 is 0 Å². The maximum Gasteiger partial charge on any atom is 0.238 e. The quantitative estimate of drug-likeness (QED) is 0.811. The number of hydrogen-bond donors (Lipinski definition) is 2. The molecule has 21 heavy (non-hydrogen) atoms. The van der Waals surface area contributed by atoms with Crippen LogP contribution in [-0.2, 0) is 9.59 Å². The molecule has 1 unspecified atom stereocenters. The topological polar surface area (TPSA) is 61.4 Å². The van der Waals surface area contributed by atoms with Gasteiger partial charge >= 0.3 is 0 Å². The highest BCUT2D eigenvalue weighted by Gasteiger charge is 2.46. The van der Waals surface area contributed by atoms with Crippen LogP contribution in [0.5, 0.6) is 0 Å². The Morgan fingerprint density at radius 2 is 1.90 bits per heavy atom. The van der Waals surface area contributed by atoms with Crippen molar-refractivity contribution in [2.24, 2.45) is 11.3 Å². The van der Waals surface area contributed by atoms with Crippen LogP contribution in [0.4, 0.5) is 0 Å². The number of carbonyl (C=O) groups excluding carboxylic acids is 2. The molecule has 0 aliphatic carbocycles. The van der Waals surface area contributed by atoms with E-state index in [1.807, 2.05) is 4.90 Å². The minimum atomic E-state index is -0.301. The molecule has 0 radical (unpaired) electrons. The van der Waals surface area contributed by atoms with E-state index in [9.17, 15) is 9.59 Å². The third kappa shape index (κ3) is 3.76. The molecule has 5 nitrogen and oxygen atoms in total. The van der Waals surface area contributed by atoms with Gasteiger partial charge in [0.2, 0.25) is 11.8 Å². The Hall–Kier alpha value is -1.10. The molecule has 2 N–H and O–H groups in total. The summed E-state index contributed by atoms with van der Waals surface area (Å²) in [7, 11) is 0. The molecule has 2 amide bonds. The minimum Gasteiger partial charge on any atom is -0.342 e. The highest BCUT2D eigenvalue weighted by atomic mass is 16.2. The van der Waals surface area contributed by atoms with Crippen LogP contribution >= 0.6 is 0 Å². The van der Waals surface area contributed by atoms with E-state index < -0.39 is 0 Å². The number of likely N-dealkylation sites (tertiary alicyclic amines) is 1. The van der Waals surface area contributed by atoms with Crippen molar-refractivity contribution >= 4 is 11.8 Å².